The Morgan fingerprint density at radius 1 is 1.06 bits per heavy atom. The van der Waals surface area contributed by atoms with Crippen molar-refractivity contribution in [2.45, 2.75) is 19.4 Å². The number of amides is 1. The Kier molecular flexibility index (Phi) is 5.64. The van der Waals surface area contributed by atoms with Crippen molar-refractivity contribution in [1.82, 2.24) is 14.6 Å². The summed E-state index contributed by atoms with van der Waals surface area (Å²) in [5.41, 5.74) is 2.34. The SMILES string of the molecule is CC(C)(O)c1ccc(C(=O)Nc2cc(-c3cccc(NS(C)(=O)=O)c3)n3nccc3n2)cc1. The van der Waals surface area contributed by atoms with Crippen LogP contribution < -0.4 is 10.0 Å². The molecule has 0 radical (unpaired) electrons. The quantitative estimate of drug-likeness (QED) is 0.401. The number of fused-ring (bicyclic) bond motifs is 1. The molecule has 0 saturated carbocycles. The molecule has 0 spiro atoms. The van der Waals surface area contributed by atoms with Crippen LogP contribution in [0.4, 0.5) is 11.5 Å². The predicted octanol–water partition coefficient (Wildman–Crippen LogP) is 3.25. The van der Waals surface area contributed by atoms with Crippen LogP contribution in [0.15, 0.2) is 66.9 Å². The molecule has 10 heteroatoms. The third-order valence-corrected chi connectivity index (χ3v) is 5.52. The van der Waals surface area contributed by atoms with Crippen LogP contribution in [0.25, 0.3) is 16.9 Å². The molecule has 0 fully saturated rings. The molecule has 9 nitrogen and oxygen atoms in total. The van der Waals surface area contributed by atoms with Gasteiger partial charge in [-0.25, -0.2) is 17.9 Å². The number of benzene rings is 2. The Morgan fingerprint density at radius 3 is 2.45 bits per heavy atom. The smallest absolute Gasteiger partial charge is 0.256 e. The predicted molar refractivity (Wildman–Crippen MR) is 127 cm³/mol. The fourth-order valence-corrected chi connectivity index (χ4v) is 3.91. The zero-order chi connectivity index (χ0) is 23.8. The van der Waals surface area contributed by atoms with Crippen LogP contribution in [0.2, 0.25) is 0 Å². The molecule has 3 N–H and O–H groups in total. The minimum atomic E-state index is -3.43. The molecule has 2 aromatic heterocycles. The van der Waals surface area contributed by atoms with Gasteiger partial charge in [0.2, 0.25) is 10.0 Å². The lowest BCUT2D eigenvalue weighted by molar-refractivity contribution is 0.0785. The van der Waals surface area contributed by atoms with E-state index in [-0.39, 0.29) is 5.91 Å². The number of aliphatic hydroxyl groups is 1. The van der Waals surface area contributed by atoms with Crippen molar-refractivity contribution in [3.8, 4) is 11.3 Å². The molecule has 4 rings (SSSR count). The number of sulfonamides is 1. The number of nitrogens with one attached hydrogen (secondary N) is 2. The van der Waals surface area contributed by atoms with Gasteiger partial charge in [0.1, 0.15) is 5.82 Å². The number of hydrogen-bond acceptors (Lipinski definition) is 6. The zero-order valence-corrected chi connectivity index (χ0v) is 19.1. The molecule has 0 unspecified atom stereocenters. The van der Waals surface area contributed by atoms with Gasteiger partial charge in [0.15, 0.2) is 5.65 Å². The molecule has 33 heavy (non-hydrogen) atoms. The summed E-state index contributed by atoms with van der Waals surface area (Å²) < 4.78 is 27.3. The van der Waals surface area contributed by atoms with Crippen LogP contribution >= 0.6 is 0 Å². The average Bonchev–Trinajstić information content (AvgIpc) is 3.20. The second-order valence-corrected chi connectivity index (χ2v) is 9.92. The van der Waals surface area contributed by atoms with Gasteiger partial charge in [-0.3, -0.25) is 9.52 Å². The van der Waals surface area contributed by atoms with Crippen molar-refractivity contribution in [1.29, 1.82) is 0 Å². The summed E-state index contributed by atoms with van der Waals surface area (Å²) in [5.74, 6) is -0.0388. The minimum absolute atomic E-state index is 0.316. The lowest BCUT2D eigenvalue weighted by atomic mass is 9.97. The first-order valence-corrected chi connectivity index (χ1v) is 12.0. The molecule has 4 aromatic rings. The zero-order valence-electron chi connectivity index (χ0n) is 18.3. The number of rotatable bonds is 6. The van der Waals surface area contributed by atoms with Gasteiger partial charge in [0.05, 0.1) is 23.7 Å². The van der Waals surface area contributed by atoms with E-state index in [1.165, 1.54) is 0 Å². The van der Waals surface area contributed by atoms with E-state index in [4.69, 9.17) is 0 Å². The highest BCUT2D eigenvalue weighted by Crippen LogP contribution is 2.26. The van der Waals surface area contributed by atoms with Crippen molar-refractivity contribution in [2.24, 2.45) is 0 Å². The van der Waals surface area contributed by atoms with E-state index in [0.29, 0.717) is 39.5 Å². The summed E-state index contributed by atoms with van der Waals surface area (Å²) in [6, 6.07) is 16.9. The fourth-order valence-electron chi connectivity index (χ4n) is 3.36. The fraction of sp³-hybridized carbons (Fsp3) is 0.174. The van der Waals surface area contributed by atoms with Gasteiger partial charge < -0.3 is 10.4 Å². The topological polar surface area (TPSA) is 126 Å². The van der Waals surface area contributed by atoms with Crippen LogP contribution in [0.1, 0.15) is 29.8 Å². The minimum Gasteiger partial charge on any atom is -0.386 e. The Hall–Kier alpha value is -3.76. The molecule has 0 bridgehead atoms. The lowest BCUT2D eigenvalue weighted by Crippen LogP contribution is -2.17. The van der Waals surface area contributed by atoms with E-state index in [9.17, 15) is 18.3 Å². The van der Waals surface area contributed by atoms with Crippen molar-refractivity contribution >= 4 is 33.1 Å². The third-order valence-electron chi connectivity index (χ3n) is 4.92. The van der Waals surface area contributed by atoms with E-state index >= 15 is 0 Å². The Labute approximate surface area is 191 Å². The normalized spacial score (nSPS) is 12.0. The molecule has 0 aliphatic carbocycles. The van der Waals surface area contributed by atoms with Gasteiger partial charge in [-0.2, -0.15) is 5.10 Å². The van der Waals surface area contributed by atoms with Crippen molar-refractivity contribution in [3.05, 3.63) is 78.0 Å². The molecule has 0 aliphatic rings. The average molecular weight is 466 g/mol. The number of nitrogens with zero attached hydrogens (tertiary/aromatic N) is 3. The van der Waals surface area contributed by atoms with Gasteiger partial charge in [-0.05, 0) is 43.7 Å². The number of anilines is 2. The maximum Gasteiger partial charge on any atom is 0.256 e. The molecule has 170 valence electrons. The summed E-state index contributed by atoms with van der Waals surface area (Å²) in [4.78, 5) is 17.2. The van der Waals surface area contributed by atoms with Gasteiger partial charge in [-0.15, -0.1) is 0 Å². The lowest BCUT2D eigenvalue weighted by Gasteiger charge is -2.17. The van der Waals surface area contributed by atoms with E-state index in [2.05, 4.69) is 20.1 Å². The Balaban J connectivity index is 1.67. The highest BCUT2D eigenvalue weighted by molar-refractivity contribution is 7.92. The van der Waals surface area contributed by atoms with E-state index < -0.39 is 15.6 Å². The molecule has 0 aliphatic heterocycles. The number of hydrogen-bond donors (Lipinski definition) is 3. The molecule has 2 heterocycles. The van der Waals surface area contributed by atoms with Crippen LogP contribution in [0, 0.1) is 0 Å². The molecular weight excluding hydrogens is 442 g/mol. The second kappa shape index (κ2) is 8.30. The van der Waals surface area contributed by atoms with Crippen molar-refractivity contribution < 1.29 is 18.3 Å². The third kappa shape index (κ3) is 5.18. The monoisotopic (exact) mass is 465 g/mol. The first kappa shape index (κ1) is 22.4. The highest BCUT2D eigenvalue weighted by Gasteiger charge is 2.17. The van der Waals surface area contributed by atoms with Crippen molar-refractivity contribution in [3.63, 3.8) is 0 Å². The molecule has 0 atom stereocenters. The van der Waals surface area contributed by atoms with Gasteiger partial charge in [0.25, 0.3) is 5.91 Å². The van der Waals surface area contributed by atoms with Gasteiger partial charge >= 0.3 is 0 Å². The van der Waals surface area contributed by atoms with Crippen LogP contribution in [0.3, 0.4) is 0 Å². The first-order chi connectivity index (χ1) is 15.5. The summed E-state index contributed by atoms with van der Waals surface area (Å²) >= 11 is 0. The Bertz CT molecular complexity index is 1440. The van der Waals surface area contributed by atoms with Crippen LogP contribution in [-0.4, -0.2) is 40.3 Å². The summed E-state index contributed by atoms with van der Waals surface area (Å²) in [5, 5.41) is 17.2. The molecule has 0 saturated heterocycles. The number of aromatic nitrogens is 3. The Morgan fingerprint density at radius 2 is 1.79 bits per heavy atom. The van der Waals surface area contributed by atoms with Crippen molar-refractivity contribution in [2.75, 3.05) is 16.3 Å². The van der Waals surface area contributed by atoms with Crippen LogP contribution in [-0.2, 0) is 15.6 Å². The maximum absolute atomic E-state index is 12.8. The summed E-state index contributed by atoms with van der Waals surface area (Å²) in [6.07, 6.45) is 2.67. The van der Waals surface area contributed by atoms with Crippen LogP contribution in [0.5, 0.6) is 0 Å². The van der Waals surface area contributed by atoms with E-state index in [1.54, 1.807) is 79.2 Å². The highest BCUT2D eigenvalue weighted by atomic mass is 32.2. The molecule has 2 aromatic carbocycles. The van der Waals surface area contributed by atoms with E-state index in [0.717, 1.165) is 6.26 Å². The summed E-state index contributed by atoms with van der Waals surface area (Å²) in [7, 11) is -3.43. The van der Waals surface area contributed by atoms with Gasteiger partial charge in [0, 0.05) is 28.9 Å². The second-order valence-electron chi connectivity index (χ2n) is 8.17. The van der Waals surface area contributed by atoms with E-state index in [1.807, 2.05) is 6.07 Å². The summed E-state index contributed by atoms with van der Waals surface area (Å²) in [6.45, 7) is 3.35. The number of carbonyl (C=O) groups excluding carboxylic acids is 1. The van der Waals surface area contributed by atoms with Gasteiger partial charge in [-0.1, -0.05) is 24.3 Å². The molecule has 1 amide bonds. The first-order valence-electron chi connectivity index (χ1n) is 10.1. The standard InChI is InChI=1S/C23H23N5O4S/c1-23(2,30)17-9-7-15(8-10-17)22(29)26-20-14-19(28-21(25-20)11-12-24-28)16-5-4-6-18(13-16)27-33(3,31)32/h4-14,27,30H,1-3H3,(H,25,26,29). The largest absolute Gasteiger partial charge is 0.386 e. The maximum atomic E-state index is 12.8. The number of carbonyl (C=O) groups is 1. The molecular formula is C23H23N5O4S.